The lowest BCUT2D eigenvalue weighted by molar-refractivity contribution is 0.685. The van der Waals surface area contributed by atoms with Gasteiger partial charge in [0.2, 0.25) is 0 Å². The summed E-state index contributed by atoms with van der Waals surface area (Å²) in [6, 6.07) is 4.04. The van der Waals surface area contributed by atoms with Crippen molar-refractivity contribution in [3.05, 3.63) is 41.4 Å². The lowest BCUT2D eigenvalue weighted by Gasteiger charge is -2.21. The molecule has 0 radical (unpaired) electrons. The number of aromatic nitrogens is 3. The number of nitrogens with one attached hydrogen (secondary N) is 1. The number of aromatic amines is 1. The molecule has 2 heterocycles. The minimum absolute atomic E-state index is 0.558. The Labute approximate surface area is 122 Å². The van der Waals surface area contributed by atoms with Crippen molar-refractivity contribution in [2.45, 2.75) is 25.7 Å². The zero-order chi connectivity index (χ0) is 14.4. The highest BCUT2D eigenvalue weighted by molar-refractivity contribution is 6.07. The van der Waals surface area contributed by atoms with Gasteiger partial charge in [0.1, 0.15) is 0 Å². The van der Waals surface area contributed by atoms with Gasteiger partial charge in [-0.1, -0.05) is 0 Å². The van der Waals surface area contributed by atoms with Crippen molar-refractivity contribution < 1.29 is 0 Å². The van der Waals surface area contributed by atoms with Crippen LogP contribution in [0.1, 0.15) is 29.7 Å². The average Bonchev–Trinajstić information content (AvgIpc) is 3.01. The number of nitrogens with zero attached hydrogens (tertiary/aromatic N) is 2. The van der Waals surface area contributed by atoms with Crippen molar-refractivity contribution in [3.63, 3.8) is 0 Å². The van der Waals surface area contributed by atoms with Crippen LogP contribution in [0.2, 0.25) is 0 Å². The first-order chi connectivity index (χ1) is 10.3. The van der Waals surface area contributed by atoms with Gasteiger partial charge < -0.3 is 11.5 Å². The van der Waals surface area contributed by atoms with E-state index in [-0.39, 0.29) is 0 Å². The molecule has 2 aromatic heterocycles. The summed E-state index contributed by atoms with van der Waals surface area (Å²) in [6.07, 6.45) is 7.77. The van der Waals surface area contributed by atoms with Gasteiger partial charge in [0.05, 0.1) is 28.6 Å². The van der Waals surface area contributed by atoms with Crippen LogP contribution in [0, 0.1) is 0 Å². The Balaban J connectivity index is 2.18. The van der Waals surface area contributed by atoms with Crippen molar-refractivity contribution in [2.24, 2.45) is 11.5 Å². The van der Waals surface area contributed by atoms with Crippen LogP contribution >= 0.6 is 0 Å². The van der Waals surface area contributed by atoms with Gasteiger partial charge in [-0.3, -0.25) is 5.10 Å². The number of hydrogen-bond donors (Lipinski definition) is 3. The summed E-state index contributed by atoms with van der Waals surface area (Å²) in [4.78, 5) is 4.77. The minimum Gasteiger partial charge on any atom is -0.403 e. The molecule has 0 aliphatic heterocycles. The Morgan fingerprint density at radius 1 is 1.19 bits per heavy atom. The minimum atomic E-state index is 0.558. The molecule has 1 aliphatic carbocycles. The monoisotopic (exact) mass is 279 g/mol. The van der Waals surface area contributed by atoms with E-state index in [9.17, 15) is 0 Å². The smallest absolute Gasteiger partial charge is 0.0916 e. The van der Waals surface area contributed by atoms with Gasteiger partial charge in [-0.2, -0.15) is 5.10 Å². The molecule has 0 saturated heterocycles. The molecule has 0 amide bonds. The first-order valence-electron chi connectivity index (χ1n) is 7.25. The molecule has 0 atom stereocenters. The molecular formula is C16H17N5. The van der Waals surface area contributed by atoms with Gasteiger partial charge >= 0.3 is 0 Å². The van der Waals surface area contributed by atoms with Crippen LogP contribution in [0.25, 0.3) is 27.5 Å². The fourth-order valence-corrected chi connectivity index (χ4v) is 3.36. The highest BCUT2D eigenvalue weighted by Crippen LogP contribution is 2.35. The zero-order valence-corrected chi connectivity index (χ0v) is 11.7. The van der Waals surface area contributed by atoms with Gasteiger partial charge in [-0.05, 0) is 48.9 Å². The van der Waals surface area contributed by atoms with Crippen molar-refractivity contribution in [1.29, 1.82) is 0 Å². The second kappa shape index (κ2) is 4.48. The first kappa shape index (κ1) is 12.2. The van der Waals surface area contributed by atoms with E-state index in [1.807, 2.05) is 18.3 Å². The Kier molecular flexibility index (Phi) is 2.60. The summed E-state index contributed by atoms with van der Waals surface area (Å²) in [5.74, 6) is 0. The van der Waals surface area contributed by atoms with Crippen molar-refractivity contribution in [2.75, 3.05) is 0 Å². The van der Waals surface area contributed by atoms with Crippen molar-refractivity contribution in [1.82, 2.24) is 15.2 Å². The third kappa shape index (κ3) is 1.70. The molecule has 0 saturated carbocycles. The molecule has 0 unspecified atom stereocenters. The molecule has 3 aromatic rings. The van der Waals surface area contributed by atoms with E-state index in [0.29, 0.717) is 5.70 Å². The third-order valence-electron chi connectivity index (χ3n) is 4.34. The first-order valence-corrected chi connectivity index (χ1v) is 7.25. The Bertz CT molecular complexity index is 875. The van der Waals surface area contributed by atoms with Crippen LogP contribution in [0.4, 0.5) is 0 Å². The summed E-state index contributed by atoms with van der Waals surface area (Å²) < 4.78 is 0. The molecule has 5 N–H and O–H groups in total. The predicted octanol–water partition coefficient (Wildman–Crippen LogP) is 2.21. The fourth-order valence-electron chi connectivity index (χ4n) is 3.36. The summed E-state index contributed by atoms with van der Waals surface area (Å²) >= 11 is 0. The van der Waals surface area contributed by atoms with E-state index in [1.54, 1.807) is 0 Å². The number of H-pyrrole nitrogens is 1. The number of hydrogen-bond acceptors (Lipinski definition) is 4. The van der Waals surface area contributed by atoms with Gasteiger partial charge in [0.15, 0.2) is 0 Å². The van der Waals surface area contributed by atoms with E-state index in [2.05, 4.69) is 10.2 Å². The van der Waals surface area contributed by atoms with Crippen LogP contribution in [-0.2, 0) is 12.8 Å². The topological polar surface area (TPSA) is 93.6 Å². The van der Waals surface area contributed by atoms with E-state index < -0.39 is 0 Å². The molecule has 106 valence electrons. The molecule has 0 spiro atoms. The third-order valence-corrected chi connectivity index (χ3v) is 4.34. The SMILES string of the molecule is N/C=C(\N)c1nc2ccc3[nH]ncc3c2c2c1CCCC2. The van der Waals surface area contributed by atoms with Crippen molar-refractivity contribution in [3.8, 4) is 0 Å². The highest BCUT2D eigenvalue weighted by atomic mass is 15.1. The molecule has 1 aliphatic rings. The molecule has 0 fully saturated rings. The zero-order valence-electron chi connectivity index (χ0n) is 11.7. The summed E-state index contributed by atoms with van der Waals surface area (Å²) in [7, 11) is 0. The molecule has 1 aromatic carbocycles. The highest BCUT2D eigenvalue weighted by Gasteiger charge is 2.21. The Morgan fingerprint density at radius 2 is 2.00 bits per heavy atom. The molecule has 21 heavy (non-hydrogen) atoms. The van der Waals surface area contributed by atoms with Gasteiger partial charge in [0.25, 0.3) is 0 Å². The maximum Gasteiger partial charge on any atom is 0.0916 e. The van der Waals surface area contributed by atoms with E-state index in [1.165, 1.54) is 35.6 Å². The summed E-state index contributed by atoms with van der Waals surface area (Å²) in [5, 5.41) is 9.55. The molecule has 5 nitrogen and oxygen atoms in total. The second-order valence-corrected chi connectivity index (χ2v) is 5.54. The predicted molar refractivity (Wildman–Crippen MR) is 84.4 cm³/mol. The Hall–Kier alpha value is -2.56. The van der Waals surface area contributed by atoms with Crippen LogP contribution in [0.3, 0.4) is 0 Å². The van der Waals surface area contributed by atoms with Gasteiger partial charge in [-0.25, -0.2) is 4.98 Å². The second-order valence-electron chi connectivity index (χ2n) is 5.54. The van der Waals surface area contributed by atoms with Gasteiger partial charge in [-0.15, -0.1) is 0 Å². The van der Waals surface area contributed by atoms with E-state index in [4.69, 9.17) is 16.5 Å². The Morgan fingerprint density at radius 3 is 2.81 bits per heavy atom. The van der Waals surface area contributed by atoms with Crippen LogP contribution in [-0.4, -0.2) is 15.2 Å². The number of pyridine rings is 1. The summed E-state index contributed by atoms with van der Waals surface area (Å²) in [6.45, 7) is 0. The number of rotatable bonds is 1. The quantitative estimate of drug-likeness (QED) is 0.636. The normalized spacial score (nSPS) is 15.5. The number of nitrogens with two attached hydrogens (primary N) is 2. The van der Waals surface area contributed by atoms with Crippen LogP contribution in [0.15, 0.2) is 24.5 Å². The lowest BCUT2D eigenvalue weighted by Crippen LogP contribution is -2.13. The molecule has 5 heteroatoms. The molecule has 0 bridgehead atoms. The number of aryl methyl sites for hydroxylation is 1. The molecule has 4 rings (SSSR count). The van der Waals surface area contributed by atoms with E-state index in [0.717, 1.165) is 35.0 Å². The lowest BCUT2D eigenvalue weighted by atomic mass is 9.86. The standard InChI is InChI=1S/C16H17N5/c17-7-12(18)16-10-4-2-1-3-9(10)15-11-8-19-21-13(11)5-6-14(15)20-16/h5-8H,1-4,17-18H2,(H,19,21)/b12-7-. The van der Waals surface area contributed by atoms with Gasteiger partial charge in [0, 0.05) is 17.0 Å². The van der Waals surface area contributed by atoms with E-state index >= 15 is 0 Å². The fraction of sp³-hybridized carbons (Fsp3) is 0.250. The maximum atomic E-state index is 6.06. The number of benzene rings is 1. The van der Waals surface area contributed by atoms with Crippen LogP contribution in [0.5, 0.6) is 0 Å². The maximum absolute atomic E-state index is 6.06. The largest absolute Gasteiger partial charge is 0.403 e. The van der Waals surface area contributed by atoms with Crippen LogP contribution < -0.4 is 11.5 Å². The van der Waals surface area contributed by atoms with Crippen molar-refractivity contribution >= 4 is 27.5 Å². The molecular weight excluding hydrogens is 262 g/mol. The summed E-state index contributed by atoms with van der Waals surface area (Å²) in [5.41, 5.74) is 17.7. The number of fused-ring (bicyclic) bond motifs is 5. The average molecular weight is 279 g/mol.